The zero-order valence-corrected chi connectivity index (χ0v) is 33.9. The summed E-state index contributed by atoms with van der Waals surface area (Å²) < 4.78 is 70.9. The molecule has 0 atom stereocenters. The molecule has 0 saturated carbocycles. The fourth-order valence-corrected chi connectivity index (χ4v) is 4.51. The van der Waals surface area contributed by atoms with Crippen molar-refractivity contribution in [2.45, 2.75) is 51.7 Å². The molecule has 0 aliphatic heterocycles. The van der Waals surface area contributed by atoms with Crippen molar-refractivity contribution in [1.29, 1.82) is 0 Å². The maximum absolute atomic E-state index is 11.4. The van der Waals surface area contributed by atoms with E-state index in [4.69, 9.17) is 66.4 Å². The maximum atomic E-state index is 11.4. The van der Waals surface area contributed by atoms with E-state index in [1.54, 1.807) is 0 Å². The summed E-state index contributed by atoms with van der Waals surface area (Å²) in [6, 6.07) is 0. The SMILES string of the molecule is CC(C)(C)[Si](C)(C)OCCOCCOCCOCCOCCOCCOCCOCCOCCOCCOCCOCCOC(=O)CCC(=O)C(=O)O. The van der Waals surface area contributed by atoms with Crippen molar-refractivity contribution < 1.29 is 80.8 Å². The number of Topliss-reactive ketones (excluding diaryl/α,β-unsaturated/α-hetero) is 1. The summed E-state index contributed by atoms with van der Waals surface area (Å²) in [4.78, 5) is 32.7. The molecule has 0 aromatic heterocycles. The highest BCUT2D eigenvalue weighted by atomic mass is 28.4. The average molecular weight is 789 g/mol. The molecule has 0 heterocycles. The smallest absolute Gasteiger partial charge is 0.372 e. The number of ketones is 1. The lowest BCUT2D eigenvalue weighted by Crippen LogP contribution is -2.41. The lowest BCUT2D eigenvalue weighted by molar-refractivity contribution is -0.151. The van der Waals surface area contributed by atoms with Crippen LogP contribution >= 0.6 is 0 Å². The second-order valence-electron chi connectivity index (χ2n) is 12.8. The quantitative estimate of drug-likeness (QED) is 0.0410. The molecule has 0 saturated heterocycles. The fourth-order valence-electron chi connectivity index (χ4n) is 3.48. The monoisotopic (exact) mass is 788 g/mol. The zero-order valence-electron chi connectivity index (χ0n) is 32.9. The van der Waals surface area contributed by atoms with Gasteiger partial charge in [0.2, 0.25) is 5.78 Å². The van der Waals surface area contributed by atoms with Crippen molar-refractivity contribution in [3.63, 3.8) is 0 Å². The first kappa shape index (κ1) is 51.3. The van der Waals surface area contributed by atoms with E-state index >= 15 is 0 Å². The highest BCUT2D eigenvalue weighted by molar-refractivity contribution is 6.74. The third-order valence-corrected chi connectivity index (χ3v) is 12.0. The summed E-state index contributed by atoms with van der Waals surface area (Å²) in [7, 11) is -1.71. The van der Waals surface area contributed by atoms with E-state index < -0.39 is 26.0 Å². The van der Waals surface area contributed by atoms with Crippen LogP contribution in [0.5, 0.6) is 0 Å². The van der Waals surface area contributed by atoms with Gasteiger partial charge < -0.3 is 66.4 Å². The van der Waals surface area contributed by atoms with Gasteiger partial charge in [-0.25, -0.2) is 4.79 Å². The molecule has 0 aromatic rings. The standard InChI is InChI=1S/C35H68O17Si/c1-35(2,3)53(4,5)52-31-29-50-27-25-48-23-21-46-19-17-44-15-13-42-11-9-40-8-10-41-12-14-43-16-18-45-20-22-47-24-26-49-28-30-51-33(37)7-6-32(36)34(38)39/h6-31H2,1-5H3,(H,38,39). The molecule has 314 valence electrons. The van der Waals surface area contributed by atoms with Crippen LogP contribution in [-0.4, -0.2) is 190 Å². The summed E-state index contributed by atoms with van der Waals surface area (Å²) in [5.74, 6) is -3.24. The number of aliphatic carboxylic acids is 1. The molecule has 0 aliphatic carbocycles. The first-order chi connectivity index (χ1) is 25.5. The topological polar surface area (TPSA) is 191 Å². The van der Waals surface area contributed by atoms with E-state index in [-0.39, 0.29) is 31.1 Å². The van der Waals surface area contributed by atoms with Crippen molar-refractivity contribution >= 4 is 26.0 Å². The van der Waals surface area contributed by atoms with Gasteiger partial charge in [0.15, 0.2) is 8.32 Å². The lowest BCUT2D eigenvalue weighted by atomic mass is 10.2. The van der Waals surface area contributed by atoms with Gasteiger partial charge in [0.25, 0.3) is 0 Å². The van der Waals surface area contributed by atoms with E-state index in [2.05, 4.69) is 33.9 Å². The van der Waals surface area contributed by atoms with E-state index in [0.717, 1.165) is 0 Å². The molecule has 0 aliphatic rings. The number of hydrogen-bond donors (Lipinski definition) is 1. The van der Waals surface area contributed by atoms with Gasteiger partial charge in [-0.2, -0.15) is 0 Å². The molecule has 0 spiro atoms. The number of esters is 1. The summed E-state index contributed by atoms with van der Waals surface area (Å²) in [5, 5.41) is 8.66. The lowest BCUT2D eigenvalue weighted by Gasteiger charge is -2.36. The van der Waals surface area contributed by atoms with Crippen molar-refractivity contribution in [1.82, 2.24) is 0 Å². The van der Waals surface area contributed by atoms with Crippen LogP contribution in [0.25, 0.3) is 0 Å². The number of carboxylic acids is 1. The van der Waals surface area contributed by atoms with Gasteiger partial charge in [0, 0.05) is 6.42 Å². The molecule has 1 N–H and O–H groups in total. The number of carbonyl (C=O) groups is 3. The third kappa shape index (κ3) is 35.8. The number of ether oxygens (including phenoxy) is 12. The van der Waals surface area contributed by atoms with Crippen LogP contribution in [0.3, 0.4) is 0 Å². The molecule has 0 radical (unpaired) electrons. The Morgan fingerprint density at radius 1 is 0.415 bits per heavy atom. The molecule has 18 heteroatoms. The van der Waals surface area contributed by atoms with Gasteiger partial charge in [-0.15, -0.1) is 0 Å². The van der Waals surface area contributed by atoms with Crippen LogP contribution in [0.15, 0.2) is 0 Å². The third-order valence-electron chi connectivity index (χ3n) is 7.50. The summed E-state index contributed by atoms with van der Waals surface area (Å²) in [6.45, 7) is 21.8. The van der Waals surface area contributed by atoms with Crippen LogP contribution in [-0.2, 0) is 75.7 Å². The molecule has 0 bridgehead atoms. The highest BCUT2D eigenvalue weighted by Crippen LogP contribution is 2.36. The number of carbonyl (C=O) groups excluding carboxylic acids is 2. The Morgan fingerprint density at radius 3 is 0.906 bits per heavy atom. The van der Waals surface area contributed by atoms with Crippen LogP contribution in [0.2, 0.25) is 18.1 Å². The van der Waals surface area contributed by atoms with E-state index in [0.29, 0.717) is 145 Å². The molecule has 0 fully saturated rings. The van der Waals surface area contributed by atoms with Crippen molar-refractivity contribution in [3.05, 3.63) is 0 Å². The van der Waals surface area contributed by atoms with E-state index in [1.807, 2.05) is 0 Å². The minimum absolute atomic E-state index is 0.0125. The van der Waals surface area contributed by atoms with Crippen LogP contribution in [0, 0.1) is 0 Å². The van der Waals surface area contributed by atoms with Gasteiger partial charge in [-0.05, 0) is 18.1 Å². The normalized spacial score (nSPS) is 12.0. The number of hydrogen-bond acceptors (Lipinski definition) is 16. The van der Waals surface area contributed by atoms with E-state index in [9.17, 15) is 14.4 Å². The Labute approximate surface area is 316 Å². The van der Waals surface area contributed by atoms with Gasteiger partial charge in [0.05, 0.1) is 158 Å². The summed E-state index contributed by atoms with van der Waals surface area (Å²) in [5.41, 5.74) is 0. The van der Waals surface area contributed by atoms with Crippen molar-refractivity contribution in [3.8, 4) is 0 Å². The largest absolute Gasteiger partial charge is 0.476 e. The number of carboxylic acid groups (broad SMARTS) is 1. The molecule has 53 heavy (non-hydrogen) atoms. The van der Waals surface area contributed by atoms with E-state index in [1.165, 1.54) is 0 Å². The van der Waals surface area contributed by atoms with Gasteiger partial charge in [-0.3, -0.25) is 9.59 Å². The molecule has 0 aromatic carbocycles. The highest BCUT2D eigenvalue weighted by Gasteiger charge is 2.36. The number of rotatable bonds is 41. The zero-order chi connectivity index (χ0) is 39.3. The second-order valence-corrected chi connectivity index (χ2v) is 17.6. The Morgan fingerprint density at radius 2 is 0.660 bits per heavy atom. The van der Waals surface area contributed by atoms with Gasteiger partial charge in [-0.1, -0.05) is 20.8 Å². The summed E-state index contributed by atoms with van der Waals surface area (Å²) >= 11 is 0. The molecule has 0 unspecified atom stereocenters. The molecule has 17 nitrogen and oxygen atoms in total. The van der Waals surface area contributed by atoms with Crippen LogP contribution in [0.4, 0.5) is 0 Å². The molecule has 0 amide bonds. The Bertz CT molecular complexity index is 872. The molecular formula is C35H68O17Si. The van der Waals surface area contributed by atoms with Gasteiger partial charge >= 0.3 is 11.9 Å². The Balaban J connectivity index is 3.17. The predicted molar refractivity (Wildman–Crippen MR) is 195 cm³/mol. The first-order valence-electron chi connectivity index (χ1n) is 18.4. The first-order valence-corrected chi connectivity index (χ1v) is 21.3. The average Bonchev–Trinajstić information content (AvgIpc) is 3.11. The molecule has 0 rings (SSSR count). The predicted octanol–water partition coefficient (Wildman–Crippen LogP) is 2.17. The van der Waals surface area contributed by atoms with Crippen LogP contribution in [0.1, 0.15) is 33.6 Å². The minimum Gasteiger partial charge on any atom is -0.476 e. The Hall–Kier alpha value is -1.65. The Kier molecular flexibility index (Phi) is 34.9. The second kappa shape index (κ2) is 36.0. The maximum Gasteiger partial charge on any atom is 0.372 e. The van der Waals surface area contributed by atoms with Crippen molar-refractivity contribution in [2.24, 2.45) is 0 Å². The fraction of sp³-hybridized carbons (Fsp3) is 0.914. The van der Waals surface area contributed by atoms with Crippen molar-refractivity contribution in [2.75, 3.05) is 159 Å². The van der Waals surface area contributed by atoms with Gasteiger partial charge in [0.1, 0.15) is 6.61 Å². The summed E-state index contributed by atoms with van der Waals surface area (Å²) in [6.07, 6.45) is -0.662. The minimum atomic E-state index is -1.71. The van der Waals surface area contributed by atoms with Crippen LogP contribution < -0.4 is 0 Å². The molecular weight excluding hydrogens is 720 g/mol.